The molecule has 11 heteroatoms. The summed E-state index contributed by atoms with van der Waals surface area (Å²) in [6.45, 7) is 7.41. The first-order valence-electron chi connectivity index (χ1n) is 9.87. The zero-order valence-electron chi connectivity index (χ0n) is 16.9. The molecule has 1 atom stereocenters. The average molecular weight is 452 g/mol. The molecule has 9 nitrogen and oxygen atoms in total. The maximum Gasteiger partial charge on any atom is 0.323 e. The second-order valence-corrected chi connectivity index (χ2v) is 10.1. The summed E-state index contributed by atoms with van der Waals surface area (Å²) in [5.41, 5.74) is 1.71. The molecule has 1 aliphatic heterocycles. The molecule has 0 saturated carbocycles. The Labute approximate surface area is 178 Å². The minimum Gasteiger partial charge on any atom is -0.372 e. The Hall–Kier alpha value is -2.05. The fraction of sp³-hybridized carbons (Fsp3) is 0.474. The van der Waals surface area contributed by atoms with Gasteiger partial charge in [-0.1, -0.05) is 0 Å². The standard InChI is InChI=1S/C19H25N5O4S2/c1-3-28-13(2)18-20-14(12-29-18)11-23-6-8-24(9-7-23)30(26,27)15-4-5-16-17(10-15)22-19(25)21-16/h4-5,10,12-13H,3,6-9,11H2,1-2H3,(H2,21,22,25). The zero-order chi connectivity index (χ0) is 21.3. The Morgan fingerprint density at radius 1 is 1.20 bits per heavy atom. The summed E-state index contributed by atoms with van der Waals surface area (Å²) in [4.78, 5) is 23.7. The Bertz CT molecular complexity index is 1170. The fourth-order valence-corrected chi connectivity index (χ4v) is 5.84. The van der Waals surface area contributed by atoms with Gasteiger partial charge in [-0.15, -0.1) is 11.3 Å². The number of imidazole rings is 1. The lowest BCUT2D eigenvalue weighted by atomic mass is 10.3. The molecule has 162 valence electrons. The van der Waals surface area contributed by atoms with E-state index in [1.807, 2.05) is 19.2 Å². The predicted molar refractivity (Wildman–Crippen MR) is 115 cm³/mol. The van der Waals surface area contributed by atoms with Crippen LogP contribution in [0.3, 0.4) is 0 Å². The summed E-state index contributed by atoms with van der Waals surface area (Å²) in [6.07, 6.45) is -0.0111. The number of piperazine rings is 1. The molecule has 0 spiro atoms. The van der Waals surface area contributed by atoms with Crippen molar-refractivity contribution in [1.29, 1.82) is 0 Å². The summed E-state index contributed by atoms with van der Waals surface area (Å²) in [6, 6.07) is 4.65. The van der Waals surface area contributed by atoms with Crippen molar-refractivity contribution in [1.82, 2.24) is 24.2 Å². The van der Waals surface area contributed by atoms with Crippen LogP contribution in [0.4, 0.5) is 0 Å². The SMILES string of the molecule is CCOC(C)c1nc(CN2CCN(S(=O)(=O)c3ccc4[nH]c(=O)[nH]c4c3)CC2)cs1. The molecule has 3 heterocycles. The number of thiazole rings is 1. The Morgan fingerprint density at radius 3 is 2.67 bits per heavy atom. The number of hydrogen-bond donors (Lipinski definition) is 2. The number of aromatic amines is 2. The first-order valence-corrected chi connectivity index (χ1v) is 12.2. The Balaban J connectivity index is 1.39. The third kappa shape index (κ3) is 4.35. The van der Waals surface area contributed by atoms with Crippen LogP contribution in [0.1, 0.15) is 30.7 Å². The minimum atomic E-state index is -3.61. The van der Waals surface area contributed by atoms with Crippen LogP contribution in [-0.2, 0) is 21.3 Å². The largest absolute Gasteiger partial charge is 0.372 e. The normalized spacial score (nSPS) is 17.5. The van der Waals surface area contributed by atoms with E-state index in [1.54, 1.807) is 17.4 Å². The maximum atomic E-state index is 13.0. The first-order chi connectivity index (χ1) is 14.4. The molecule has 0 radical (unpaired) electrons. The van der Waals surface area contributed by atoms with Crippen molar-refractivity contribution in [3.8, 4) is 0 Å². The number of nitrogens with one attached hydrogen (secondary N) is 2. The summed E-state index contributed by atoms with van der Waals surface area (Å²) < 4.78 is 33.1. The van der Waals surface area contributed by atoms with Crippen molar-refractivity contribution >= 4 is 32.4 Å². The van der Waals surface area contributed by atoms with Crippen molar-refractivity contribution < 1.29 is 13.2 Å². The number of benzene rings is 1. The van der Waals surface area contributed by atoms with E-state index in [0.717, 1.165) is 10.7 Å². The van der Waals surface area contributed by atoms with Crippen LogP contribution in [0.5, 0.6) is 0 Å². The summed E-state index contributed by atoms with van der Waals surface area (Å²) in [5, 5.41) is 3.01. The monoisotopic (exact) mass is 451 g/mol. The summed E-state index contributed by atoms with van der Waals surface area (Å²) in [7, 11) is -3.61. The second kappa shape index (κ2) is 8.60. The number of hydrogen-bond acceptors (Lipinski definition) is 7. The maximum absolute atomic E-state index is 13.0. The van der Waals surface area contributed by atoms with Crippen molar-refractivity contribution in [2.24, 2.45) is 0 Å². The van der Waals surface area contributed by atoms with Crippen LogP contribution < -0.4 is 5.69 Å². The predicted octanol–water partition coefficient (Wildman–Crippen LogP) is 1.92. The van der Waals surface area contributed by atoms with Gasteiger partial charge in [-0.3, -0.25) is 4.90 Å². The lowest BCUT2D eigenvalue weighted by Gasteiger charge is -2.33. The zero-order valence-corrected chi connectivity index (χ0v) is 18.6. The topological polar surface area (TPSA) is 111 Å². The van der Waals surface area contributed by atoms with Crippen LogP contribution in [0.15, 0.2) is 33.3 Å². The Morgan fingerprint density at radius 2 is 1.93 bits per heavy atom. The van der Waals surface area contributed by atoms with E-state index in [-0.39, 0.29) is 16.7 Å². The van der Waals surface area contributed by atoms with Crippen molar-refractivity contribution in [3.63, 3.8) is 0 Å². The molecule has 0 aliphatic carbocycles. The van der Waals surface area contributed by atoms with Crippen LogP contribution in [0.25, 0.3) is 11.0 Å². The van der Waals surface area contributed by atoms with Gasteiger partial charge in [0.15, 0.2) is 0 Å². The number of ether oxygens (including phenoxy) is 1. The number of sulfonamides is 1. The molecule has 2 aromatic heterocycles. The van der Waals surface area contributed by atoms with Crippen LogP contribution >= 0.6 is 11.3 Å². The van der Waals surface area contributed by atoms with Gasteiger partial charge < -0.3 is 14.7 Å². The lowest BCUT2D eigenvalue weighted by Crippen LogP contribution is -2.48. The lowest BCUT2D eigenvalue weighted by molar-refractivity contribution is 0.0759. The molecule has 1 aromatic carbocycles. The molecule has 4 rings (SSSR count). The van der Waals surface area contributed by atoms with Gasteiger partial charge >= 0.3 is 5.69 Å². The molecule has 1 saturated heterocycles. The van der Waals surface area contributed by atoms with Crippen LogP contribution in [0.2, 0.25) is 0 Å². The van der Waals surface area contributed by atoms with E-state index >= 15 is 0 Å². The average Bonchev–Trinajstić information content (AvgIpc) is 3.33. The molecular formula is C19H25N5O4S2. The molecular weight excluding hydrogens is 426 g/mol. The van der Waals surface area contributed by atoms with E-state index in [1.165, 1.54) is 16.4 Å². The van der Waals surface area contributed by atoms with Gasteiger partial charge in [-0.05, 0) is 32.0 Å². The minimum absolute atomic E-state index is 0.0111. The molecule has 0 bridgehead atoms. The first kappa shape index (κ1) is 21.2. The highest BCUT2D eigenvalue weighted by atomic mass is 32.2. The second-order valence-electron chi connectivity index (χ2n) is 7.24. The quantitative estimate of drug-likeness (QED) is 0.568. The van der Waals surface area contributed by atoms with Gasteiger partial charge in [-0.25, -0.2) is 18.2 Å². The van der Waals surface area contributed by atoms with E-state index in [4.69, 9.17) is 4.74 Å². The van der Waals surface area contributed by atoms with Gasteiger partial charge in [0.25, 0.3) is 0 Å². The van der Waals surface area contributed by atoms with Crippen LogP contribution in [0, 0.1) is 0 Å². The van der Waals surface area contributed by atoms with E-state index in [9.17, 15) is 13.2 Å². The molecule has 1 unspecified atom stereocenters. The van der Waals surface area contributed by atoms with Gasteiger partial charge in [0.05, 0.1) is 21.6 Å². The number of H-pyrrole nitrogens is 2. The highest BCUT2D eigenvalue weighted by Gasteiger charge is 2.29. The molecule has 1 fully saturated rings. The highest BCUT2D eigenvalue weighted by Crippen LogP contribution is 2.23. The number of fused-ring (bicyclic) bond motifs is 1. The Kier molecular flexibility index (Phi) is 6.07. The molecule has 1 aliphatic rings. The third-order valence-corrected chi connectivity index (χ3v) is 8.13. The highest BCUT2D eigenvalue weighted by molar-refractivity contribution is 7.89. The van der Waals surface area contributed by atoms with Gasteiger partial charge in [0, 0.05) is 44.7 Å². The van der Waals surface area contributed by atoms with Gasteiger partial charge in [-0.2, -0.15) is 4.31 Å². The van der Waals surface area contributed by atoms with E-state index < -0.39 is 10.0 Å². The third-order valence-electron chi connectivity index (χ3n) is 5.18. The van der Waals surface area contributed by atoms with E-state index in [2.05, 4.69) is 19.9 Å². The number of nitrogens with zero attached hydrogens (tertiary/aromatic N) is 3. The molecule has 3 aromatic rings. The molecule has 0 amide bonds. The van der Waals surface area contributed by atoms with Crippen molar-refractivity contribution in [3.05, 3.63) is 44.8 Å². The molecule has 2 N–H and O–H groups in total. The number of rotatable bonds is 7. The van der Waals surface area contributed by atoms with Crippen molar-refractivity contribution in [2.45, 2.75) is 31.4 Å². The smallest absolute Gasteiger partial charge is 0.323 e. The summed E-state index contributed by atoms with van der Waals surface area (Å²) >= 11 is 1.59. The molecule has 30 heavy (non-hydrogen) atoms. The summed E-state index contributed by atoms with van der Waals surface area (Å²) in [5.74, 6) is 0. The fourth-order valence-electron chi connectivity index (χ4n) is 3.58. The van der Waals surface area contributed by atoms with E-state index in [0.29, 0.717) is 50.4 Å². The van der Waals surface area contributed by atoms with Gasteiger partial charge in [0.1, 0.15) is 11.1 Å². The number of aromatic nitrogens is 3. The van der Waals surface area contributed by atoms with Crippen molar-refractivity contribution in [2.75, 3.05) is 32.8 Å². The van der Waals surface area contributed by atoms with Crippen LogP contribution in [-0.4, -0.2) is 65.4 Å². The van der Waals surface area contributed by atoms with Gasteiger partial charge in [0.2, 0.25) is 10.0 Å².